The van der Waals surface area contributed by atoms with Crippen LogP contribution < -0.4 is 10.2 Å². The van der Waals surface area contributed by atoms with Crippen molar-refractivity contribution in [2.24, 2.45) is 5.92 Å². The molecular formula is C26H29N3O6. The van der Waals surface area contributed by atoms with E-state index in [4.69, 9.17) is 4.74 Å². The second-order valence-electron chi connectivity index (χ2n) is 8.66. The summed E-state index contributed by atoms with van der Waals surface area (Å²) in [6.07, 6.45) is 2.86. The van der Waals surface area contributed by atoms with Gasteiger partial charge >= 0.3 is 6.09 Å². The van der Waals surface area contributed by atoms with Gasteiger partial charge in [-0.25, -0.2) is 4.79 Å². The number of nitrogens with zero attached hydrogens (tertiary/aromatic N) is 2. The third-order valence-electron chi connectivity index (χ3n) is 6.40. The van der Waals surface area contributed by atoms with E-state index in [1.807, 2.05) is 30.3 Å². The number of anilines is 2. The lowest BCUT2D eigenvalue weighted by Crippen LogP contribution is -2.40. The molecular weight excluding hydrogens is 450 g/mol. The van der Waals surface area contributed by atoms with Crippen LogP contribution in [0.15, 0.2) is 60.7 Å². The van der Waals surface area contributed by atoms with E-state index in [1.54, 1.807) is 42.2 Å². The largest absolute Gasteiger partial charge is 0.447 e. The van der Waals surface area contributed by atoms with Crippen molar-refractivity contribution in [3.05, 3.63) is 71.8 Å². The molecule has 3 amide bonds. The van der Waals surface area contributed by atoms with Crippen molar-refractivity contribution in [3.8, 4) is 0 Å². The first-order valence-corrected chi connectivity index (χ1v) is 11.6. The van der Waals surface area contributed by atoms with Gasteiger partial charge in [0.05, 0.1) is 13.2 Å². The summed E-state index contributed by atoms with van der Waals surface area (Å²) in [5, 5.41) is 23.5. The predicted molar refractivity (Wildman–Crippen MR) is 130 cm³/mol. The number of hydrogen-bond acceptors (Lipinski definition) is 6. The fraction of sp³-hybridized carbons (Fsp3) is 0.346. The first kappa shape index (κ1) is 24.4. The Morgan fingerprint density at radius 3 is 2.71 bits per heavy atom. The molecule has 9 heteroatoms. The van der Waals surface area contributed by atoms with Crippen molar-refractivity contribution in [2.45, 2.75) is 25.5 Å². The normalized spacial score (nSPS) is 20.0. The van der Waals surface area contributed by atoms with Crippen LogP contribution in [0.2, 0.25) is 0 Å². The summed E-state index contributed by atoms with van der Waals surface area (Å²) in [4.78, 5) is 40.5. The second-order valence-corrected chi connectivity index (χ2v) is 8.66. The molecule has 2 aromatic rings. The Morgan fingerprint density at radius 1 is 1.26 bits per heavy atom. The average Bonchev–Trinajstić information content (AvgIpc) is 3.40. The first-order valence-electron chi connectivity index (χ1n) is 11.6. The number of carbonyl (C=O) groups is 3. The number of cyclic esters (lactones) is 1. The molecule has 2 aromatic carbocycles. The summed E-state index contributed by atoms with van der Waals surface area (Å²) in [6.45, 7) is 2.80. The Kier molecular flexibility index (Phi) is 7.18. The quantitative estimate of drug-likeness (QED) is 0.475. The van der Waals surface area contributed by atoms with E-state index in [0.29, 0.717) is 30.0 Å². The minimum atomic E-state index is -1.86. The maximum Gasteiger partial charge on any atom is 0.414 e. The Balaban J connectivity index is 1.47. The number of ether oxygens (including phenoxy) is 1. The average molecular weight is 480 g/mol. The van der Waals surface area contributed by atoms with Gasteiger partial charge in [0.15, 0.2) is 5.60 Å². The van der Waals surface area contributed by atoms with E-state index in [2.05, 4.69) is 5.32 Å². The van der Waals surface area contributed by atoms with Crippen LogP contribution in [0.5, 0.6) is 0 Å². The van der Waals surface area contributed by atoms with E-state index in [1.165, 1.54) is 4.90 Å². The van der Waals surface area contributed by atoms with Crippen molar-refractivity contribution in [2.75, 3.05) is 36.5 Å². The SMILES string of the molecule is C[C@H](/C=C/CC(=O)N(CCO)Cc1ccccc1)[C@@]1(O)C(=O)Nc2ccc(N3CCOC3=O)cc21. The van der Waals surface area contributed by atoms with Gasteiger partial charge in [0.2, 0.25) is 5.91 Å². The van der Waals surface area contributed by atoms with Crippen LogP contribution in [-0.2, 0) is 26.5 Å². The summed E-state index contributed by atoms with van der Waals surface area (Å²) < 4.78 is 4.99. The molecule has 0 aromatic heterocycles. The molecule has 0 unspecified atom stereocenters. The summed E-state index contributed by atoms with van der Waals surface area (Å²) in [7, 11) is 0. The molecule has 0 saturated carbocycles. The maximum absolute atomic E-state index is 12.8. The number of amides is 3. The van der Waals surface area contributed by atoms with Crippen LogP contribution in [-0.4, -0.2) is 59.3 Å². The Morgan fingerprint density at radius 2 is 2.03 bits per heavy atom. The lowest BCUT2D eigenvalue weighted by molar-refractivity contribution is -0.137. The molecule has 1 saturated heterocycles. The molecule has 2 heterocycles. The van der Waals surface area contributed by atoms with Crippen molar-refractivity contribution >= 4 is 29.3 Å². The zero-order chi connectivity index (χ0) is 25.0. The summed E-state index contributed by atoms with van der Waals surface area (Å²) in [5.41, 5.74) is 0.478. The van der Waals surface area contributed by atoms with E-state index < -0.39 is 23.5 Å². The third-order valence-corrected chi connectivity index (χ3v) is 6.40. The van der Waals surface area contributed by atoms with Gasteiger partial charge in [0, 0.05) is 42.4 Å². The molecule has 9 nitrogen and oxygen atoms in total. The number of fused-ring (bicyclic) bond motifs is 1. The minimum absolute atomic E-state index is 0.0569. The number of benzene rings is 2. The van der Waals surface area contributed by atoms with Crippen molar-refractivity contribution in [3.63, 3.8) is 0 Å². The van der Waals surface area contributed by atoms with Crippen LogP contribution in [0.3, 0.4) is 0 Å². The molecule has 2 aliphatic heterocycles. The molecule has 3 N–H and O–H groups in total. The van der Waals surface area contributed by atoms with E-state index in [-0.39, 0.29) is 32.1 Å². The van der Waals surface area contributed by atoms with Gasteiger partial charge in [-0.2, -0.15) is 0 Å². The van der Waals surface area contributed by atoms with Gasteiger partial charge in [-0.1, -0.05) is 49.4 Å². The molecule has 0 spiro atoms. The van der Waals surface area contributed by atoms with E-state index >= 15 is 0 Å². The van der Waals surface area contributed by atoms with Crippen molar-refractivity contribution < 1.29 is 29.3 Å². The van der Waals surface area contributed by atoms with Crippen LogP contribution in [0.4, 0.5) is 16.2 Å². The molecule has 184 valence electrons. The molecule has 2 atom stereocenters. The van der Waals surface area contributed by atoms with Gasteiger partial charge in [-0.05, 0) is 23.8 Å². The number of hydrogen-bond donors (Lipinski definition) is 3. The number of aliphatic hydroxyl groups excluding tert-OH is 1. The third kappa shape index (κ3) is 4.91. The fourth-order valence-electron chi connectivity index (χ4n) is 4.40. The molecule has 35 heavy (non-hydrogen) atoms. The monoisotopic (exact) mass is 479 g/mol. The highest BCUT2D eigenvalue weighted by Gasteiger charge is 2.49. The molecule has 4 rings (SSSR count). The summed E-state index contributed by atoms with van der Waals surface area (Å²) in [5.74, 6) is -1.40. The van der Waals surface area contributed by atoms with Gasteiger partial charge in [0.25, 0.3) is 5.91 Å². The molecule has 0 aliphatic carbocycles. The highest BCUT2D eigenvalue weighted by atomic mass is 16.6. The zero-order valence-corrected chi connectivity index (χ0v) is 19.5. The highest BCUT2D eigenvalue weighted by molar-refractivity contribution is 6.06. The van der Waals surface area contributed by atoms with E-state index in [0.717, 1.165) is 5.56 Å². The second kappa shape index (κ2) is 10.3. The standard InChI is InChI=1S/C26H29N3O6/c1-18(6-5-9-23(31)28(12-14-30)17-19-7-3-2-4-8-19)26(34)21-16-20(29-13-15-35-25(29)33)10-11-22(21)27-24(26)32/h2-8,10-11,16,18,30,34H,9,12-15,17H2,1H3,(H,27,32)/b6-5+/t18-,26+/m1/s1. The predicted octanol–water partition coefficient (Wildman–Crippen LogP) is 2.39. The topological polar surface area (TPSA) is 119 Å². The summed E-state index contributed by atoms with van der Waals surface area (Å²) >= 11 is 0. The Bertz CT molecular complexity index is 1140. The van der Waals surface area contributed by atoms with E-state index in [9.17, 15) is 24.6 Å². The molecule has 0 radical (unpaired) electrons. The van der Waals surface area contributed by atoms with Gasteiger partial charge in [-0.15, -0.1) is 0 Å². The van der Waals surface area contributed by atoms with Gasteiger partial charge < -0.3 is 25.2 Å². The Hall–Kier alpha value is -3.69. The molecule has 0 bridgehead atoms. The van der Waals surface area contributed by atoms with Crippen LogP contribution in [0.1, 0.15) is 24.5 Å². The van der Waals surface area contributed by atoms with Crippen LogP contribution >= 0.6 is 0 Å². The minimum Gasteiger partial charge on any atom is -0.447 e. The first-order chi connectivity index (χ1) is 16.8. The lowest BCUT2D eigenvalue weighted by atomic mass is 9.82. The van der Waals surface area contributed by atoms with Gasteiger partial charge in [-0.3, -0.25) is 14.5 Å². The number of rotatable bonds is 9. The van der Waals surface area contributed by atoms with Crippen molar-refractivity contribution in [1.29, 1.82) is 0 Å². The maximum atomic E-state index is 12.8. The van der Waals surface area contributed by atoms with Crippen molar-refractivity contribution in [1.82, 2.24) is 4.90 Å². The zero-order valence-electron chi connectivity index (χ0n) is 19.5. The number of carbonyl (C=O) groups excluding carboxylic acids is 3. The van der Waals surface area contributed by atoms with Crippen LogP contribution in [0, 0.1) is 5.92 Å². The lowest BCUT2D eigenvalue weighted by Gasteiger charge is -2.27. The Labute approximate surface area is 203 Å². The highest BCUT2D eigenvalue weighted by Crippen LogP contribution is 2.43. The van der Waals surface area contributed by atoms with Gasteiger partial charge in [0.1, 0.15) is 6.61 Å². The number of aliphatic hydroxyl groups is 2. The number of nitrogens with one attached hydrogen (secondary N) is 1. The summed E-state index contributed by atoms with van der Waals surface area (Å²) in [6, 6.07) is 14.5. The molecule has 1 fully saturated rings. The fourth-order valence-corrected chi connectivity index (χ4v) is 4.40. The van der Waals surface area contributed by atoms with Crippen LogP contribution in [0.25, 0.3) is 0 Å². The molecule has 2 aliphatic rings. The smallest absolute Gasteiger partial charge is 0.414 e.